The zero-order chi connectivity index (χ0) is 16.1. The molecular weight excluding hydrogens is 352 g/mol. The Kier molecular flexibility index (Phi) is 5.13. The second kappa shape index (κ2) is 7.47. The van der Waals surface area contributed by atoms with E-state index in [0.717, 1.165) is 36.2 Å². The molecule has 0 saturated carbocycles. The normalized spacial score (nSPS) is 15.2. The molecular formula is C19H19BrN2O. The van der Waals surface area contributed by atoms with Crippen LogP contribution in [0.25, 0.3) is 6.08 Å². The summed E-state index contributed by atoms with van der Waals surface area (Å²) in [5.74, 6) is 0.0812. The first-order valence-corrected chi connectivity index (χ1v) is 8.54. The van der Waals surface area contributed by atoms with Crippen LogP contribution in [0.3, 0.4) is 0 Å². The molecule has 0 atom stereocenters. The molecule has 2 aromatic carbocycles. The number of rotatable bonds is 3. The Hall–Kier alpha value is -2.07. The maximum atomic E-state index is 12.3. The number of halogens is 1. The Morgan fingerprint density at radius 1 is 0.957 bits per heavy atom. The molecule has 1 heterocycles. The van der Waals surface area contributed by atoms with Crippen molar-refractivity contribution in [2.45, 2.75) is 0 Å². The molecule has 1 fully saturated rings. The summed E-state index contributed by atoms with van der Waals surface area (Å²) in [4.78, 5) is 16.5. The van der Waals surface area contributed by atoms with E-state index in [0.29, 0.717) is 0 Å². The van der Waals surface area contributed by atoms with E-state index in [-0.39, 0.29) is 5.91 Å². The third kappa shape index (κ3) is 4.23. The van der Waals surface area contributed by atoms with Gasteiger partial charge in [-0.3, -0.25) is 4.79 Å². The maximum absolute atomic E-state index is 12.3. The molecule has 0 aromatic heterocycles. The average molecular weight is 371 g/mol. The van der Waals surface area contributed by atoms with Crippen LogP contribution in [0.4, 0.5) is 5.69 Å². The maximum Gasteiger partial charge on any atom is 0.246 e. The Balaban J connectivity index is 1.56. The lowest BCUT2D eigenvalue weighted by molar-refractivity contribution is -0.126. The van der Waals surface area contributed by atoms with Crippen LogP contribution in [0.2, 0.25) is 0 Å². The van der Waals surface area contributed by atoms with Gasteiger partial charge in [0.05, 0.1) is 0 Å². The molecule has 1 saturated heterocycles. The van der Waals surface area contributed by atoms with Gasteiger partial charge >= 0.3 is 0 Å². The lowest BCUT2D eigenvalue weighted by Gasteiger charge is -2.35. The van der Waals surface area contributed by atoms with Crippen LogP contribution in [-0.4, -0.2) is 37.0 Å². The van der Waals surface area contributed by atoms with Crippen LogP contribution in [0, 0.1) is 0 Å². The summed E-state index contributed by atoms with van der Waals surface area (Å²) in [7, 11) is 0. The highest BCUT2D eigenvalue weighted by Crippen LogP contribution is 2.16. The van der Waals surface area contributed by atoms with E-state index in [1.54, 1.807) is 6.08 Å². The van der Waals surface area contributed by atoms with Crippen LogP contribution in [0.1, 0.15) is 5.56 Å². The van der Waals surface area contributed by atoms with Gasteiger partial charge in [0.15, 0.2) is 0 Å². The molecule has 2 aromatic rings. The van der Waals surface area contributed by atoms with E-state index in [2.05, 4.69) is 33.0 Å². The first-order chi connectivity index (χ1) is 11.2. The third-order valence-corrected chi connectivity index (χ3v) is 4.47. The number of nitrogens with zero attached hydrogens (tertiary/aromatic N) is 2. The number of benzene rings is 2. The van der Waals surface area contributed by atoms with Gasteiger partial charge in [-0.1, -0.05) is 46.3 Å². The highest BCUT2D eigenvalue weighted by atomic mass is 79.9. The highest BCUT2D eigenvalue weighted by Gasteiger charge is 2.19. The molecule has 0 radical (unpaired) electrons. The molecule has 3 nitrogen and oxygen atoms in total. The lowest BCUT2D eigenvalue weighted by atomic mass is 10.2. The quantitative estimate of drug-likeness (QED) is 0.766. The molecule has 1 aliphatic rings. The van der Waals surface area contributed by atoms with Gasteiger partial charge in [-0.25, -0.2) is 0 Å². The fourth-order valence-electron chi connectivity index (χ4n) is 2.71. The lowest BCUT2D eigenvalue weighted by Crippen LogP contribution is -2.48. The summed E-state index contributed by atoms with van der Waals surface area (Å²) in [5.41, 5.74) is 2.25. The van der Waals surface area contributed by atoms with Gasteiger partial charge in [-0.05, 0) is 35.9 Å². The second-order valence-corrected chi connectivity index (χ2v) is 6.45. The van der Waals surface area contributed by atoms with E-state index < -0.39 is 0 Å². The topological polar surface area (TPSA) is 23.6 Å². The molecule has 0 spiro atoms. The summed E-state index contributed by atoms with van der Waals surface area (Å²) in [5, 5.41) is 0. The molecule has 0 bridgehead atoms. The molecule has 23 heavy (non-hydrogen) atoms. The number of hydrogen-bond acceptors (Lipinski definition) is 2. The number of anilines is 1. The van der Waals surface area contributed by atoms with Crippen molar-refractivity contribution in [3.63, 3.8) is 0 Å². The molecule has 0 unspecified atom stereocenters. The molecule has 1 aliphatic heterocycles. The summed E-state index contributed by atoms with van der Waals surface area (Å²) in [6.45, 7) is 3.27. The zero-order valence-corrected chi connectivity index (χ0v) is 14.4. The zero-order valence-electron chi connectivity index (χ0n) is 12.9. The van der Waals surface area contributed by atoms with E-state index >= 15 is 0 Å². The fourth-order valence-corrected chi connectivity index (χ4v) is 3.12. The highest BCUT2D eigenvalue weighted by molar-refractivity contribution is 9.10. The van der Waals surface area contributed by atoms with Gasteiger partial charge in [0.25, 0.3) is 0 Å². The monoisotopic (exact) mass is 370 g/mol. The smallest absolute Gasteiger partial charge is 0.246 e. The fraction of sp³-hybridized carbons (Fsp3) is 0.211. The standard InChI is InChI=1S/C19H19BrN2O/c20-17-6-4-5-16(15-17)9-10-19(23)22-13-11-21(12-14-22)18-7-2-1-3-8-18/h1-10,15H,11-14H2/b10-9+. The van der Waals surface area contributed by atoms with Gasteiger partial charge in [0.2, 0.25) is 5.91 Å². The second-order valence-electron chi connectivity index (χ2n) is 5.54. The van der Waals surface area contributed by atoms with Crippen molar-refractivity contribution in [2.75, 3.05) is 31.1 Å². The predicted octanol–water partition coefficient (Wildman–Crippen LogP) is 3.81. The Bertz CT molecular complexity index is 692. The van der Waals surface area contributed by atoms with Crippen molar-refractivity contribution >= 4 is 33.6 Å². The summed E-state index contributed by atoms with van der Waals surface area (Å²) >= 11 is 3.44. The van der Waals surface area contributed by atoms with Crippen molar-refractivity contribution in [3.8, 4) is 0 Å². The minimum atomic E-state index is 0.0812. The van der Waals surface area contributed by atoms with Gasteiger partial charge < -0.3 is 9.80 Å². The van der Waals surface area contributed by atoms with E-state index in [1.165, 1.54) is 5.69 Å². The number of para-hydroxylation sites is 1. The number of hydrogen-bond donors (Lipinski definition) is 0. The summed E-state index contributed by atoms with van der Waals surface area (Å²) in [6, 6.07) is 18.3. The van der Waals surface area contributed by atoms with Crippen molar-refractivity contribution in [1.29, 1.82) is 0 Å². The Morgan fingerprint density at radius 3 is 2.39 bits per heavy atom. The van der Waals surface area contributed by atoms with Gasteiger partial charge in [0, 0.05) is 42.4 Å². The molecule has 4 heteroatoms. The molecule has 0 N–H and O–H groups in total. The number of carbonyl (C=O) groups excluding carboxylic acids is 1. The van der Waals surface area contributed by atoms with Crippen LogP contribution in [0.15, 0.2) is 65.1 Å². The van der Waals surface area contributed by atoms with Crippen molar-refractivity contribution in [1.82, 2.24) is 4.90 Å². The SMILES string of the molecule is O=C(/C=C/c1cccc(Br)c1)N1CCN(c2ccccc2)CC1. The predicted molar refractivity (Wildman–Crippen MR) is 98.4 cm³/mol. The van der Waals surface area contributed by atoms with Crippen LogP contribution >= 0.6 is 15.9 Å². The van der Waals surface area contributed by atoms with E-state index in [9.17, 15) is 4.79 Å². The minimum absolute atomic E-state index is 0.0812. The van der Waals surface area contributed by atoms with Crippen LogP contribution in [0.5, 0.6) is 0 Å². The molecule has 0 aliphatic carbocycles. The number of piperazine rings is 1. The van der Waals surface area contributed by atoms with Crippen LogP contribution < -0.4 is 4.90 Å². The van der Waals surface area contributed by atoms with E-state index in [4.69, 9.17) is 0 Å². The van der Waals surface area contributed by atoms with Gasteiger partial charge in [-0.2, -0.15) is 0 Å². The first kappa shape index (κ1) is 15.8. The van der Waals surface area contributed by atoms with E-state index in [1.807, 2.05) is 53.4 Å². The van der Waals surface area contributed by atoms with Crippen molar-refractivity contribution in [3.05, 3.63) is 70.7 Å². The Morgan fingerprint density at radius 2 is 1.70 bits per heavy atom. The van der Waals surface area contributed by atoms with Crippen molar-refractivity contribution in [2.24, 2.45) is 0 Å². The summed E-state index contributed by atoms with van der Waals surface area (Å²) in [6.07, 6.45) is 3.54. The number of carbonyl (C=O) groups is 1. The van der Waals surface area contributed by atoms with Crippen LogP contribution in [-0.2, 0) is 4.79 Å². The first-order valence-electron chi connectivity index (χ1n) is 7.75. The number of amides is 1. The third-order valence-electron chi connectivity index (χ3n) is 3.98. The van der Waals surface area contributed by atoms with Crippen molar-refractivity contribution < 1.29 is 4.79 Å². The molecule has 118 valence electrons. The molecule has 1 amide bonds. The van der Waals surface area contributed by atoms with Gasteiger partial charge in [-0.15, -0.1) is 0 Å². The average Bonchev–Trinajstić information content (AvgIpc) is 2.61. The van der Waals surface area contributed by atoms with Gasteiger partial charge in [0.1, 0.15) is 0 Å². The summed E-state index contributed by atoms with van der Waals surface area (Å²) < 4.78 is 1.02. The minimum Gasteiger partial charge on any atom is -0.368 e. The molecule has 3 rings (SSSR count). The largest absolute Gasteiger partial charge is 0.368 e. The Labute approximate surface area is 145 Å².